The molecule has 0 aromatic rings. The van der Waals surface area contributed by atoms with E-state index in [9.17, 15) is 9.59 Å². The lowest BCUT2D eigenvalue weighted by Crippen LogP contribution is -2.11. The van der Waals surface area contributed by atoms with Crippen LogP contribution in [0.15, 0.2) is 23.3 Å². The Labute approximate surface area is 81.6 Å². The standard InChI is InChI=1S/C10H12O4/c1-6-3-2-4-7(9(11)12)8(5-6)10(13)14/h2,4,6H,3,5H2,1H3,(H,11,12)(H,13,14). The Balaban J connectivity index is 3.14. The summed E-state index contributed by atoms with van der Waals surface area (Å²) < 4.78 is 0. The Bertz CT molecular complexity index is 325. The first-order chi connectivity index (χ1) is 6.52. The molecule has 0 amide bonds. The predicted octanol–water partition coefficient (Wildman–Crippen LogP) is 1.44. The van der Waals surface area contributed by atoms with Gasteiger partial charge >= 0.3 is 11.9 Å². The maximum atomic E-state index is 10.8. The van der Waals surface area contributed by atoms with Crippen molar-refractivity contribution in [3.63, 3.8) is 0 Å². The molecule has 1 aliphatic rings. The Morgan fingerprint density at radius 2 is 2.00 bits per heavy atom. The van der Waals surface area contributed by atoms with Crippen LogP contribution in [0.1, 0.15) is 19.8 Å². The highest BCUT2D eigenvalue weighted by molar-refractivity contribution is 6.01. The van der Waals surface area contributed by atoms with Gasteiger partial charge in [-0.05, 0) is 18.8 Å². The molecule has 0 aromatic carbocycles. The molecule has 1 atom stereocenters. The number of allylic oxidation sites excluding steroid dienone is 1. The van der Waals surface area contributed by atoms with Crippen LogP contribution in [-0.2, 0) is 9.59 Å². The summed E-state index contributed by atoms with van der Waals surface area (Å²) in [5.41, 5.74) is -0.0967. The van der Waals surface area contributed by atoms with E-state index in [1.807, 2.05) is 6.92 Å². The van der Waals surface area contributed by atoms with Gasteiger partial charge in [0.25, 0.3) is 0 Å². The van der Waals surface area contributed by atoms with Crippen LogP contribution in [0.4, 0.5) is 0 Å². The summed E-state index contributed by atoms with van der Waals surface area (Å²) >= 11 is 0. The lowest BCUT2D eigenvalue weighted by molar-refractivity contribution is -0.135. The summed E-state index contributed by atoms with van der Waals surface area (Å²) in [4.78, 5) is 21.6. The highest BCUT2D eigenvalue weighted by Gasteiger charge is 2.21. The van der Waals surface area contributed by atoms with Gasteiger partial charge in [0.15, 0.2) is 0 Å². The monoisotopic (exact) mass is 196 g/mol. The van der Waals surface area contributed by atoms with Gasteiger partial charge in [0.1, 0.15) is 0 Å². The number of rotatable bonds is 2. The van der Waals surface area contributed by atoms with Crippen LogP contribution in [-0.4, -0.2) is 22.2 Å². The Morgan fingerprint density at radius 3 is 2.50 bits per heavy atom. The molecule has 0 bridgehead atoms. The molecular formula is C10H12O4. The number of carboxylic acids is 2. The van der Waals surface area contributed by atoms with E-state index in [1.54, 1.807) is 6.08 Å². The topological polar surface area (TPSA) is 74.6 Å². The minimum Gasteiger partial charge on any atom is -0.478 e. The molecule has 0 spiro atoms. The second kappa shape index (κ2) is 4.09. The molecule has 1 rings (SSSR count). The largest absolute Gasteiger partial charge is 0.478 e. The van der Waals surface area contributed by atoms with E-state index in [1.165, 1.54) is 6.08 Å². The van der Waals surface area contributed by atoms with Crippen molar-refractivity contribution in [2.24, 2.45) is 5.92 Å². The quantitative estimate of drug-likeness (QED) is 0.700. The molecule has 4 nitrogen and oxygen atoms in total. The van der Waals surface area contributed by atoms with Crippen LogP contribution in [0, 0.1) is 5.92 Å². The summed E-state index contributed by atoms with van der Waals surface area (Å²) in [7, 11) is 0. The minimum atomic E-state index is -1.17. The van der Waals surface area contributed by atoms with E-state index >= 15 is 0 Å². The molecule has 0 saturated carbocycles. The highest BCUT2D eigenvalue weighted by atomic mass is 16.4. The number of aliphatic carboxylic acids is 2. The number of hydrogen-bond acceptors (Lipinski definition) is 2. The molecule has 14 heavy (non-hydrogen) atoms. The first kappa shape index (κ1) is 10.5. The SMILES string of the molecule is CC1CC=CC(C(=O)O)=C(C(=O)O)C1. The first-order valence-electron chi connectivity index (χ1n) is 4.38. The fourth-order valence-electron chi connectivity index (χ4n) is 1.46. The summed E-state index contributed by atoms with van der Waals surface area (Å²) in [6.07, 6.45) is 4.12. The molecule has 0 fully saturated rings. The fourth-order valence-corrected chi connectivity index (χ4v) is 1.46. The molecule has 4 heteroatoms. The number of hydrogen-bond donors (Lipinski definition) is 2. The van der Waals surface area contributed by atoms with Crippen LogP contribution in [0.25, 0.3) is 0 Å². The second-order valence-corrected chi connectivity index (χ2v) is 3.45. The molecule has 1 aliphatic carbocycles. The van der Waals surface area contributed by atoms with Crippen molar-refractivity contribution in [2.45, 2.75) is 19.8 Å². The average molecular weight is 196 g/mol. The first-order valence-corrected chi connectivity index (χ1v) is 4.38. The van der Waals surface area contributed by atoms with Gasteiger partial charge in [-0.25, -0.2) is 9.59 Å². The van der Waals surface area contributed by atoms with E-state index in [4.69, 9.17) is 10.2 Å². The zero-order valence-corrected chi connectivity index (χ0v) is 7.86. The van der Waals surface area contributed by atoms with Crippen molar-refractivity contribution >= 4 is 11.9 Å². The van der Waals surface area contributed by atoms with E-state index in [2.05, 4.69) is 0 Å². The number of carbonyl (C=O) groups is 2. The Kier molecular flexibility index (Phi) is 3.06. The van der Waals surface area contributed by atoms with Crippen molar-refractivity contribution in [3.05, 3.63) is 23.3 Å². The van der Waals surface area contributed by atoms with Gasteiger partial charge in [0, 0.05) is 0 Å². The zero-order valence-electron chi connectivity index (χ0n) is 7.86. The zero-order chi connectivity index (χ0) is 10.7. The highest BCUT2D eigenvalue weighted by Crippen LogP contribution is 2.23. The van der Waals surface area contributed by atoms with Gasteiger partial charge in [-0.15, -0.1) is 0 Å². The summed E-state index contributed by atoms with van der Waals surface area (Å²) in [5.74, 6) is -2.14. The van der Waals surface area contributed by atoms with Crippen molar-refractivity contribution in [3.8, 4) is 0 Å². The summed E-state index contributed by atoms with van der Waals surface area (Å²) in [6, 6.07) is 0. The molecule has 0 radical (unpaired) electrons. The third-order valence-corrected chi connectivity index (χ3v) is 2.19. The van der Waals surface area contributed by atoms with E-state index in [0.717, 1.165) is 0 Å². The molecule has 0 aliphatic heterocycles. The molecule has 0 saturated heterocycles. The van der Waals surface area contributed by atoms with Gasteiger partial charge in [0.2, 0.25) is 0 Å². The molecule has 1 unspecified atom stereocenters. The van der Waals surface area contributed by atoms with Gasteiger partial charge < -0.3 is 10.2 Å². The van der Waals surface area contributed by atoms with Crippen LogP contribution in [0.2, 0.25) is 0 Å². The van der Waals surface area contributed by atoms with Gasteiger partial charge in [0.05, 0.1) is 11.1 Å². The smallest absolute Gasteiger partial charge is 0.336 e. The third-order valence-electron chi connectivity index (χ3n) is 2.19. The number of carboxylic acid groups (broad SMARTS) is 2. The van der Waals surface area contributed by atoms with Gasteiger partial charge in [-0.1, -0.05) is 19.1 Å². The molecular weight excluding hydrogens is 184 g/mol. The maximum absolute atomic E-state index is 10.8. The Hall–Kier alpha value is -1.58. The van der Waals surface area contributed by atoms with Crippen LogP contribution in [0.5, 0.6) is 0 Å². The average Bonchev–Trinajstić information content (AvgIpc) is 2.26. The van der Waals surface area contributed by atoms with Crippen molar-refractivity contribution < 1.29 is 19.8 Å². The van der Waals surface area contributed by atoms with Gasteiger partial charge in [-0.2, -0.15) is 0 Å². The lowest BCUT2D eigenvalue weighted by atomic mass is 9.98. The lowest BCUT2D eigenvalue weighted by Gasteiger charge is -2.07. The predicted molar refractivity (Wildman–Crippen MR) is 49.8 cm³/mol. The second-order valence-electron chi connectivity index (χ2n) is 3.45. The van der Waals surface area contributed by atoms with Gasteiger partial charge in [-0.3, -0.25) is 0 Å². The molecule has 2 N–H and O–H groups in total. The van der Waals surface area contributed by atoms with Crippen molar-refractivity contribution in [1.82, 2.24) is 0 Å². The molecule has 76 valence electrons. The fraction of sp³-hybridized carbons (Fsp3) is 0.400. The Morgan fingerprint density at radius 1 is 1.36 bits per heavy atom. The third kappa shape index (κ3) is 2.22. The summed E-state index contributed by atoms with van der Waals surface area (Å²) in [6.45, 7) is 1.90. The van der Waals surface area contributed by atoms with Crippen molar-refractivity contribution in [1.29, 1.82) is 0 Å². The summed E-state index contributed by atoms with van der Waals surface area (Å²) in [5, 5.41) is 17.6. The van der Waals surface area contributed by atoms with Crippen LogP contribution in [0.3, 0.4) is 0 Å². The maximum Gasteiger partial charge on any atom is 0.336 e. The van der Waals surface area contributed by atoms with Crippen LogP contribution < -0.4 is 0 Å². The molecule has 0 aromatic heterocycles. The van der Waals surface area contributed by atoms with E-state index < -0.39 is 11.9 Å². The minimum absolute atomic E-state index is 0.00116. The van der Waals surface area contributed by atoms with Crippen molar-refractivity contribution in [2.75, 3.05) is 0 Å². The van der Waals surface area contributed by atoms with E-state index in [-0.39, 0.29) is 17.1 Å². The van der Waals surface area contributed by atoms with Crippen LogP contribution >= 0.6 is 0 Å². The van der Waals surface area contributed by atoms with E-state index in [0.29, 0.717) is 12.8 Å². The normalized spacial score (nSPS) is 21.9. The molecule has 0 heterocycles.